The van der Waals surface area contributed by atoms with E-state index in [0.717, 1.165) is 36.4 Å². The molecule has 1 amide bonds. The summed E-state index contributed by atoms with van der Waals surface area (Å²) in [4.78, 5) is 23.0. The van der Waals surface area contributed by atoms with Crippen molar-refractivity contribution in [2.45, 2.75) is 36.3 Å². The second-order valence-electron chi connectivity index (χ2n) is 11.4. The molecule has 0 bridgehead atoms. The quantitative estimate of drug-likeness (QED) is 0.0665. The molecule has 56 heavy (non-hydrogen) atoms. The largest absolute Gasteiger partial charge is 0.507 e. The summed E-state index contributed by atoms with van der Waals surface area (Å²) in [5.41, 5.74) is -1.90. The molecule has 1 unspecified atom stereocenters. The van der Waals surface area contributed by atoms with E-state index >= 15 is 8.78 Å². The van der Waals surface area contributed by atoms with Crippen molar-refractivity contribution in [3.8, 4) is 17.2 Å². The smallest absolute Gasteiger partial charge is 0.422 e. The summed E-state index contributed by atoms with van der Waals surface area (Å²) < 4.78 is 189. The highest BCUT2D eigenvalue weighted by atomic mass is 35.5. The van der Waals surface area contributed by atoms with Gasteiger partial charge in [-0.1, -0.05) is 23.7 Å². The third kappa shape index (κ3) is 10.7. The highest BCUT2D eigenvalue weighted by molar-refractivity contribution is 7.89. The number of phenols is 1. The van der Waals surface area contributed by atoms with E-state index in [1.807, 2.05) is 0 Å². The zero-order valence-corrected chi connectivity index (χ0v) is 29.0. The molecule has 302 valence electrons. The number of halogens is 12. The predicted octanol–water partition coefficient (Wildman–Crippen LogP) is 7.76. The van der Waals surface area contributed by atoms with E-state index in [0.29, 0.717) is 24.3 Å². The van der Waals surface area contributed by atoms with Gasteiger partial charge in [0.05, 0.1) is 0 Å². The fraction of sp³-hybridized carbons (Fsp3) is 0.212. The minimum absolute atomic E-state index is 0.0453. The van der Waals surface area contributed by atoms with Crippen LogP contribution in [0.1, 0.15) is 21.5 Å². The molecule has 23 heteroatoms. The molecule has 0 spiro atoms. The number of anilines is 1. The lowest BCUT2D eigenvalue weighted by Gasteiger charge is -2.31. The molecular weight excluding hydrogens is 829 g/mol. The number of ether oxygens (including phenoxy) is 2. The highest BCUT2D eigenvalue weighted by Crippen LogP contribution is 2.34. The number of aromatic carboxylic acids is 1. The van der Waals surface area contributed by atoms with Gasteiger partial charge in [-0.3, -0.25) is 4.79 Å². The van der Waals surface area contributed by atoms with E-state index in [9.17, 15) is 67.7 Å². The van der Waals surface area contributed by atoms with Crippen molar-refractivity contribution < 1.29 is 86.0 Å². The van der Waals surface area contributed by atoms with Crippen LogP contribution in [0.15, 0.2) is 65.6 Å². The van der Waals surface area contributed by atoms with Crippen LogP contribution in [0.5, 0.6) is 17.2 Å². The molecular formula is C33H22ClF11N2O8S. The van der Waals surface area contributed by atoms with Crippen molar-refractivity contribution in [1.82, 2.24) is 4.31 Å². The Morgan fingerprint density at radius 3 is 1.71 bits per heavy atom. The summed E-state index contributed by atoms with van der Waals surface area (Å²) in [5, 5.41) is 21.5. The first-order valence-electron chi connectivity index (χ1n) is 15.1. The number of carboxylic acid groups (broad SMARTS) is 1. The molecule has 4 aromatic carbocycles. The lowest BCUT2D eigenvalue weighted by molar-refractivity contribution is -0.153. The van der Waals surface area contributed by atoms with Crippen molar-refractivity contribution in [3.63, 3.8) is 0 Å². The van der Waals surface area contributed by atoms with Crippen LogP contribution in [0.25, 0.3) is 0 Å². The van der Waals surface area contributed by atoms with Gasteiger partial charge in [0.1, 0.15) is 28.9 Å². The van der Waals surface area contributed by atoms with Crippen LogP contribution in [0.3, 0.4) is 0 Å². The van der Waals surface area contributed by atoms with Gasteiger partial charge in [0.2, 0.25) is 21.7 Å². The number of alkyl halides is 6. The molecule has 0 heterocycles. The summed E-state index contributed by atoms with van der Waals surface area (Å²) in [6, 6.07) is 6.26. The molecule has 1 atom stereocenters. The van der Waals surface area contributed by atoms with Crippen molar-refractivity contribution in [1.29, 1.82) is 0 Å². The fourth-order valence-corrected chi connectivity index (χ4v) is 6.69. The Hall–Kier alpha value is -5.35. The van der Waals surface area contributed by atoms with E-state index in [1.165, 1.54) is 0 Å². The van der Waals surface area contributed by atoms with Crippen LogP contribution in [0.2, 0.25) is 5.02 Å². The van der Waals surface area contributed by atoms with Gasteiger partial charge in [-0.05, 0) is 53.9 Å². The molecule has 3 N–H and O–H groups in total. The minimum Gasteiger partial charge on any atom is -0.507 e. The monoisotopic (exact) mass is 850 g/mol. The third-order valence-electron chi connectivity index (χ3n) is 7.31. The standard InChI is InChI=1S/C33H22ClF11N2O8S/c34-17-3-1-15(2-4-17)12-47(56(52,53)29-27(38)25(36)24(35)26(37)28(29)39)22(30(49)46-18-5-6-21(31(50)51)23(48)10-18)9-16-7-19(54-13-32(40,41)42)11-20(8-16)55-14-33(43,44)45/h1-8,10-11,22,48H,9,12-14H2,(H,46,49)(H,50,51). The Balaban J connectivity index is 1.97. The van der Waals surface area contributed by atoms with Gasteiger partial charge in [-0.25, -0.2) is 35.2 Å². The molecule has 4 aromatic rings. The fourth-order valence-electron chi connectivity index (χ4n) is 4.87. The first-order chi connectivity index (χ1) is 25.9. The Bertz CT molecular complexity index is 2170. The number of sulfonamides is 1. The van der Waals surface area contributed by atoms with Gasteiger partial charge in [-0.15, -0.1) is 0 Å². The second-order valence-corrected chi connectivity index (χ2v) is 13.7. The number of nitrogens with zero attached hydrogens (tertiary/aromatic N) is 1. The van der Waals surface area contributed by atoms with E-state index < -0.39 is 135 Å². The lowest BCUT2D eigenvalue weighted by Crippen LogP contribution is -2.48. The maximum atomic E-state index is 15.2. The minimum atomic E-state index is -6.14. The molecule has 0 aromatic heterocycles. The number of rotatable bonds is 14. The van der Waals surface area contributed by atoms with Crippen LogP contribution < -0.4 is 14.8 Å². The number of benzene rings is 4. The SMILES string of the molecule is O=C(O)c1ccc(NC(=O)C(Cc2cc(OCC(F)(F)F)cc(OCC(F)(F)F)c2)N(Cc2ccc(Cl)cc2)S(=O)(=O)c2c(F)c(F)c(F)c(F)c2F)cc1O. The Morgan fingerprint density at radius 1 is 0.750 bits per heavy atom. The van der Waals surface area contributed by atoms with Crippen LogP contribution in [0, 0.1) is 29.1 Å². The van der Waals surface area contributed by atoms with Gasteiger partial charge in [0.15, 0.2) is 41.4 Å². The zero-order valence-electron chi connectivity index (χ0n) is 27.4. The molecule has 0 fully saturated rings. The number of hydrogen-bond acceptors (Lipinski definition) is 7. The van der Waals surface area contributed by atoms with Crippen molar-refractivity contribution in [3.05, 3.63) is 111 Å². The summed E-state index contributed by atoms with van der Waals surface area (Å²) in [6.45, 7) is -5.21. The molecule has 0 saturated carbocycles. The average molecular weight is 851 g/mol. The molecule has 0 aliphatic rings. The van der Waals surface area contributed by atoms with E-state index in [2.05, 4.69) is 14.8 Å². The summed E-state index contributed by atoms with van der Waals surface area (Å²) in [6.07, 6.45) is -11.2. The van der Waals surface area contributed by atoms with E-state index in [-0.39, 0.29) is 14.9 Å². The van der Waals surface area contributed by atoms with Crippen molar-refractivity contribution in [2.75, 3.05) is 18.5 Å². The number of carboxylic acids is 1. The number of amides is 1. The Labute approximate surface area is 312 Å². The maximum absolute atomic E-state index is 15.2. The molecule has 4 rings (SSSR count). The summed E-state index contributed by atoms with van der Waals surface area (Å²) in [5.74, 6) is -19.8. The molecule has 0 saturated heterocycles. The number of carbonyl (C=O) groups is 2. The van der Waals surface area contributed by atoms with Crippen LogP contribution in [0.4, 0.5) is 54.0 Å². The maximum Gasteiger partial charge on any atom is 0.422 e. The van der Waals surface area contributed by atoms with Gasteiger partial charge in [0.25, 0.3) is 0 Å². The molecule has 0 aliphatic heterocycles. The molecule has 10 nitrogen and oxygen atoms in total. The van der Waals surface area contributed by atoms with Gasteiger partial charge in [-0.2, -0.15) is 30.6 Å². The predicted molar refractivity (Wildman–Crippen MR) is 171 cm³/mol. The zero-order chi connectivity index (χ0) is 41.9. The first-order valence-corrected chi connectivity index (χ1v) is 16.9. The molecule has 0 aliphatic carbocycles. The molecule has 0 radical (unpaired) electrons. The number of hydrogen-bond donors (Lipinski definition) is 3. The van der Waals surface area contributed by atoms with Crippen LogP contribution in [-0.4, -0.2) is 66.4 Å². The van der Waals surface area contributed by atoms with Crippen LogP contribution in [-0.2, 0) is 27.8 Å². The third-order valence-corrected chi connectivity index (χ3v) is 9.44. The van der Waals surface area contributed by atoms with Gasteiger partial charge < -0.3 is 25.0 Å². The van der Waals surface area contributed by atoms with E-state index in [4.69, 9.17) is 11.6 Å². The Morgan fingerprint density at radius 2 is 1.25 bits per heavy atom. The lowest BCUT2D eigenvalue weighted by atomic mass is 10.0. The highest BCUT2D eigenvalue weighted by Gasteiger charge is 2.43. The Kier molecular flexibility index (Phi) is 13.0. The summed E-state index contributed by atoms with van der Waals surface area (Å²) >= 11 is 5.88. The van der Waals surface area contributed by atoms with Gasteiger partial charge in [0, 0.05) is 29.4 Å². The second kappa shape index (κ2) is 16.8. The normalized spacial score (nSPS) is 12.7. The summed E-state index contributed by atoms with van der Waals surface area (Å²) in [7, 11) is -6.14. The topological polar surface area (TPSA) is 142 Å². The average Bonchev–Trinajstić information content (AvgIpc) is 3.09. The van der Waals surface area contributed by atoms with Crippen molar-refractivity contribution >= 4 is 39.2 Å². The number of aromatic hydroxyl groups is 1. The first kappa shape index (κ1) is 43.4. The van der Waals surface area contributed by atoms with Gasteiger partial charge >= 0.3 is 18.3 Å². The van der Waals surface area contributed by atoms with Crippen LogP contribution >= 0.6 is 11.6 Å². The van der Waals surface area contributed by atoms with Crippen molar-refractivity contribution in [2.24, 2.45) is 0 Å². The number of nitrogens with one attached hydrogen (secondary N) is 1. The number of carbonyl (C=O) groups excluding carboxylic acids is 1. The van der Waals surface area contributed by atoms with E-state index in [1.54, 1.807) is 0 Å².